The molecular weight excluding hydrogens is 422 g/mol. The standard InChI is InChI=1S/C21H29N3O4S2/c1-5-24(6-2)30(26,27)18-10-11-20(28-16(3)4)19(13-18)23-21(25)15-29-14-17-9-7-8-12-22-17/h7-13,16H,5-6,14-15H2,1-4H3,(H,23,25). The van der Waals surface area contributed by atoms with E-state index in [0.29, 0.717) is 30.3 Å². The van der Waals surface area contributed by atoms with Crippen LogP contribution in [0.4, 0.5) is 5.69 Å². The Morgan fingerprint density at radius 3 is 2.53 bits per heavy atom. The fraction of sp³-hybridized carbons (Fsp3) is 0.429. The zero-order chi connectivity index (χ0) is 22.1. The number of carbonyl (C=O) groups excluding carboxylic acids is 1. The number of benzene rings is 1. The summed E-state index contributed by atoms with van der Waals surface area (Å²) in [5.74, 6) is 1.03. The van der Waals surface area contributed by atoms with Gasteiger partial charge in [0.15, 0.2) is 0 Å². The van der Waals surface area contributed by atoms with Crippen LogP contribution in [0.2, 0.25) is 0 Å². The Balaban J connectivity index is 2.17. The van der Waals surface area contributed by atoms with Crippen molar-refractivity contribution in [2.45, 2.75) is 44.4 Å². The van der Waals surface area contributed by atoms with Crippen LogP contribution < -0.4 is 10.1 Å². The van der Waals surface area contributed by atoms with E-state index < -0.39 is 10.0 Å². The number of nitrogens with zero attached hydrogens (tertiary/aromatic N) is 2. The van der Waals surface area contributed by atoms with Gasteiger partial charge < -0.3 is 10.1 Å². The first-order valence-corrected chi connectivity index (χ1v) is 12.5. The van der Waals surface area contributed by atoms with Gasteiger partial charge in [-0.05, 0) is 44.2 Å². The number of thioether (sulfide) groups is 1. The van der Waals surface area contributed by atoms with E-state index in [1.54, 1.807) is 26.1 Å². The van der Waals surface area contributed by atoms with E-state index in [1.807, 2.05) is 32.0 Å². The lowest BCUT2D eigenvalue weighted by molar-refractivity contribution is -0.113. The normalized spacial score (nSPS) is 11.7. The number of hydrogen-bond acceptors (Lipinski definition) is 6. The molecule has 9 heteroatoms. The zero-order valence-electron chi connectivity index (χ0n) is 17.8. The molecule has 164 valence electrons. The van der Waals surface area contributed by atoms with Gasteiger partial charge in [0.25, 0.3) is 0 Å². The molecule has 1 aromatic carbocycles. The Morgan fingerprint density at radius 2 is 1.93 bits per heavy atom. The molecule has 0 radical (unpaired) electrons. The van der Waals surface area contributed by atoms with E-state index in [-0.39, 0.29) is 22.7 Å². The van der Waals surface area contributed by atoms with Crippen molar-refractivity contribution in [2.75, 3.05) is 24.2 Å². The summed E-state index contributed by atoms with van der Waals surface area (Å²) in [5, 5.41) is 2.80. The molecule has 1 N–H and O–H groups in total. The fourth-order valence-corrected chi connectivity index (χ4v) is 4.98. The van der Waals surface area contributed by atoms with Crippen LogP contribution in [0, 0.1) is 0 Å². The van der Waals surface area contributed by atoms with Crippen molar-refractivity contribution in [3.8, 4) is 5.75 Å². The van der Waals surface area contributed by atoms with Gasteiger partial charge in [0.2, 0.25) is 15.9 Å². The molecule has 1 heterocycles. The average Bonchev–Trinajstić information content (AvgIpc) is 2.70. The molecular formula is C21H29N3O4S2. The number of carbonyl (C=O) groups is 1. The summed E-state index contributed by atoms with van der Waals surface area (Å²) < 4.78 is 32.8. The molecule has 0 aliphatic rings. The van der Waals surface area contributed by atoms with Crippen LogP contribution in [0.25, 0.3) is 0 Å². The highest BCUT2D eigenvalue weighted by atomic mass is 32.2. The van der Waals surface area contributed by atoms with Crippen LogP contribution in [0.15, 0.2) is 47.5 Å². The largest absolute Gasteiger partial charge is 0.489 e. The fourth-order valence-electron chi connectivity index (χ4n) is 2.75. The summed E-state index contributed by atoms with van der Waals surface area (Å²) in [7, 11) is -3.64. The summed E-state index contributed by atoms with van der Waals surface area (Å²) in [4.78, 5) is 16.8. The molecule has 1 amide bonds. The Bertz CT molecular complexity index is 931. The van der Waals surface area contributed by atoms with Crippen molar-refractivity contribution >= 4 is 33.4 Å². The van der Waals surface area contributed by atoms with Gasteiger partial charge in [0, 0.05) is 25.0 Å². The maximum atomic E-state index is 12.9. The quantitative estimate of drug-likeness (QED) is 0.559. The van der Waals surface area contributed by atoms with E-state index in [0.717, 1.165) is 5.69 Å². The summed E-state index contributed by atoms with van der Waals surface area (Å²) >= 11 is 1.43. The molecule has 0 bridgehead atoms. The predicted molar refractivity (Wildman–Crippen MR) is 121 cm³/mol. The van der Waals surface area contributed by atoms with Crippen molar-refractivity contribution < 1.29 is 17.9 Å². The second-order valence-electron chi connectivity index (χ2n) is 6.78. The Hall–Kier alpha value is -2.10. The Morgan fingerprint density at radius 1 is 1.20 bits per heavy atom. The molecule has 1 aromatic heterocycles. The molecule has 0 saturated heterocycles. The number of ether oxygens (including phenoxy) is 1. The molecule has 0 unspecified atom stereocenters. The lowest BCUT2D eigenvalue weighted by Crippen LogP contribution is -2.30. The van der Waals surface area contributed by atoms with Crippen LogP contribution in [-0.4, -0.2) is 48.6 Å². The van der Waals surface area contributed by atoms with Crippen LogP contribution in [0.3, 0.4) is 0 Å². The third-order valence-electron chi connectivity index (χ3n) is 4.14. The number of pyridine rings is 1. The highest BCUT2D eigenvalue weighted by Crippen LogP contribution is 2.30. The van der Waals surface area contributed by atoms with Crippen molar-refractivity contribution in [3.63, 3.8) is 0 Å². The molecule has 0 aliphatic carbocycles. The average molecular weight is 452 g/mol. The van der Waals surface area contributed by atoms with Crippen molar-refractivity contribution in [1.29, 1.82) is 0 Å². The predicted octanol–water partition coefficient (Wildman–Crippen LogP) is 3.77. The second-order valence-corrected chi connectivity index (χ2v) is 9.70. The second kappa shape index (κ2) is 11.3. The van der Waals surface area contributed by atoms with Gasteiger partial charge in [-0.1, -0.05) is 19.9 Å². The molecule has 0 fully saturated rings. The third-order valence-corrected chi connectivity index (χ3v) is 7.15. The van der Waals surface area contributed by atoms with Crippen LogP contribution in [0.5, 0.6) is 5.75 Å². The van der Waals surface area contributed by atoms with Gasteiger partial charge in [0.1, 0.15) is 5.75 Å². The summed E-state index contributed by atoms with van der Waals surface area (Å²) in [6, 6.07) is 10.2. The Labute approximate surface area is 183 Å². The first kappa shape index (κ1) is 24.2. The van der Waals surface area contributed by atoms with E-state index in [1.165, 1.54) is 28.2 Å². The Kier molecular flexibility index (Phi) is 9.13. The van der Waals surface area contributed by atoms with Crippen LogP contribution in [-0.2, 0) is 20.6 Å². The first-order chi connectivity index (χ1) is 14.3. The molecule has 30 heavy (non-hydrogen) atoms. The van der Waals surface area contributed by atoms with E-state index in [9.17, 15) is 13.2 Å². The van der Waals surface area contributed by atoms with Gasteiger partial charge in [-0.15, -0.1) is 11.8 Å². The topological polar surface area (TPSA) is 88.6 Å². The van der Waals surface area contributed by atoms with Gasteiger partial charge >= 0.3 is 0 Å². The van der Waals surface area contributed by atoms with Crippen LogP contribution in [0.1, 0.15) is 33.4 Å². The molecule has 0 atom stereocenters. The van der Waals surface area contributed by atoms with Crippen molar-refractivity contribution in [3.05, 3.63) is 48.3 Å². The highest BCUT2D eigenvalue weighted by molar-refractivity contribution is 7.99. The molecule has 7 nitrogen and oxygen atoms in total. The molecule has 0 aliphatic heterocycles. The van der Waals surface area contributed by atoms with Gasteiger partial charge in [-0.2, -0.15) is 4.31 Å². The summed E-state index contributed by atoms with van der Waals surface area (Å²) in [6.07, 6.45) is 1.59. The summed E-state index contributed by atoms with van der Waals surface area (Å²) in [5.41, 5.74) is 1.24. The van der Waals surface area contributed by atoms with E-state index in [4.69, 9.17) is 4.74 Å². The molecule has 2 rings (SSSR count). The number of aromatic nitrogens is 1. The highest BCUT2D eigenvalue weighted by Gasteiger charge is 2.23. The van der Waals surface area contributed by atoms with Crippen LogP contribution >= 0.6 is 11.8 Å². The smallest absolute Gasteiger partial charge is 0.243 e. The monoisotopic (exact) mass is 451 g/mol. The number of amides is 1. The maximum absolute atomic E-state index is 12.9. The van der Waals surface area contributed by atoms with E-state index in [2.05, 4.69) is 10.3 Å². The van der Waals surface area contributed by atoms with Gasteiger partial charge in [0.05, 0.1) is 28.1 Å². The zero-order valence-corrected chi connectivity index (χ0v) is 19.4. The first-order valence-electron chi connectivity index (χ1n) is 9.86. The minimum absolute atomic E-state index is 0.121. The van der Waals surface area contributed by atoms with Gasteiger partial charge in [-0.25, -0.2) is 8.42 Å². The molecule has 0 saturated carbocycles. The SMILES string of the molecule is CCN(CC)S(=O)(=O)c1ccc(OC(C)C)c(NC(=O)CSCc2ccccn2)c1. The third kappa shape index (κ3) is 6.72. The lowest BCUT2D eigenvalue weighted by Gasteiger charge is -2.20. The van der Waals surface area contributed by atoms with Crippen molar-refractivity contribution in [1.82, 2.24) is 9.29 Å². The van der Waals surface area contributed by atoms with E-state index >= 15 is 0 Å². The minimum Gasteiger partial charge on any atom is -0.489 e. The van der Waals surface area contributed by atoms with Gasteiger partial charge in [-0.3, -0.25) is 9.78 Å². The molecule has 0 spiro atoms. The van der Waals surface area contributed by atoms with Crippen molar-refractivity contribution in [2.24, 2.45) is 0 Å². The number of hydrogen-bond donors (Lipinski definition) is 1. The number of rotatable bonds is 11. The number of nitrogens with one attached hydrogen (secondary N) is 1. The summed E-state index contributed by atoms with van der Waals surface area (Å²) in [6.45, 7) is 8.06. The lowest BCUT2D eigenvalue weighted by atomic mass is 10.3. The number of sulfonamides is 1. The number of anilines is 1. The minimum atomic E-state index is -3.64. The molecule has 2 aromatic rings. The maximum Gasteiger partial charge on any atom is 0.243 e.